The van der Waals surface area contributed by atoms with Crippen LogP contribution in [0.15, 0.2) is 24.3 Å². The number of nitrogens with one attached hydrogen (secondary N) is 2. The van der Waals surface area contributed by atoms with Crippen LogP contribution >= 0.6 is 0 Å². The average Bonchev–Trinajstić information content (AvgIpc) is 2.80. The third-order valence-corrected chi connectivity index (χ3v) is 4.54. The second-order valence-electron chi connectivity index (χ2n) is 6.79. The van der Waals surface area contributed by atoms with Crippen LogP contribution in [0.5, 0.6) is 0 Å². The maximum Gasteiger partial charge on any atom is 0.251 e. The quantitative estimate of drug-likeness (QED) is 0.761. The molecule has 1 saturated heterocycles. The van der Waals surface area contributed by atoms with Crippen molar-refractivity contribution in [2.75, 3.05) is 19.6 Å². The molecule has 1 atom stereocenters. The number of benzene rings is 1. The Bertz CT molecular complexity index is 551. The van der Waals surface area contributed by atoms with Crippen molar-refractivity contribution >= 4 is 11.8 Å². The van der Waals surface area contributed by atoms with Crippen LogP contribution in [0.4, 0.5) is 0 Å². The Morgan fingerprint density at radius 1 is 1.16 bits per heavy atom. The first kappa shape index (κ1) is 19.4. The maximum absolute atomic E-state index is 12.4. The lowest BCUT2D eigenvalue weighted by Crippen LogP contribution is -2.45. The highest BCUT2D eigenvalue weighted by Gasteiger charge is 2.22. The van der Waals surface area contributed by atoms with E-state index in [1.165, 1.54) is 5.56 Å². The lowest BCUT2D eigenvalue weighted by atomic mass is 10.1. The molecule has 0 aromatic heterocycles. The van der Waals surface area contributed by atoms with Crippen LogP contribution in [0.1, 0.15) is 61.9 Å². The summed E-state index contributed by atoms with van der Waals surface area (Å²) in [5.41, 5.74) is 1.82. The standard InChI is InChI=1S/C20H31N3O2/c1-3-13-23(14-4-2)15-16-8-10-17(11-9-16)19(24)22-18-7-5-6-12-21-20(18)25/h8-11,18H,3-7,12-15H2,1-2H3,(H,21,25)(H,22,24)/t18-/m0/s1. The normalized spacial score (nSPS) is 17.9. The molecule has 0 spiro atoms. The Morgan fingerprint density at radius 2 is 1.84 bits per heavy atom. The SMILES string of the molecule is CCCN(CCC)Cc1ccc(C(=O)N[C@H]2CCCCNC2=O)cc1. The molecule has 2 rings (SSSR count). The van der Waals surface area contributed by atoms with E-state index >= 15 is 0 Å². The molecule has 2 amide bonds. The van der Waals surface area contributed by atoms with Crippen molar-refractivity contribution < 1.29 is 9.59 Å². The van der Waals surface area contributed by atoms with E-state index < -0.39 is 6.04 Å². The maximum atomic E-state index is 12.4. The van der Waals surface area contributed by atoms with Gasteiger partial charge in [0, 0.05) is 18.7 Å². The Hall–Kier alpha value is -1.88. The van der Waals surface area contributed by atoms with Crippen LogP contribution in [0, 0.1) is 0 Å². The Balaban J connectivity index is 1.93. The Morgan fingerprint density at radius 3 is 2.48 bits per heavy atom. The van der Waals surface area contributed by atoms with Gasteiger partial charge in [0.15, 0.2) is 0 Å². The minimum atomic E-state index is -0.417. The smallest absolute Gasteiger partial charge is 0.251 e. The topological polar surface area (TPSA) is 61.4 Å². The predicted molar refractivity (Wildman–Crippen MR) is 100 cm³/mol. The van der Waals surface area contributed by atoms with Crippen LogP contribution in [-0.2, 0) is 11.3 Å². The number of carbonyl (C=O) groups excluding carboxylic acids is 2. The highest BCUT2D eigenvalue weighted by atomic mass is 16.2. The van der Waals surface area contributed by atoms with Crippen LogP contribution in [0.25, 0.3) is 0 Å². The van der Waals surface area contributed by atoms with Gasteiger partial charge in [0.25, 0.3) is 5.91 Å². The van der Waals surface area contributed by atoms with Crippen LogP contribution in [-0.4, -0.2) is 42.4 Å². The summed E-state index contributed by atoms with van der Waals surface area (Å²) in [6.45, 7) is 8.18. The summed E-state index contributed by atoms with van der Waals surface area (Å²) in [7, 11) is 0. The van der Waals surface area contributed by atoms with Crippen molar-refractivity contribution in [3.05, 3.63) is 35.4 Å². The third kappa shape index (κ3) is 6.16. The van der Waals surface area contributed by atoms with Gasteiger partial charge in [-0.2, -0.15) is 0 Å². The molecule has 1 aromatic rings. The van der Waals surface area contributed by atoms with Gasteiger partial charge >= 0.3 is 0 Å². The van der Waals surface area contributed by atoms with Crippen molar-refractivity contribution in [2.45, 2.75) is 58.5 Å². The monoisotopic (exact) mass is 345 g/mol. The summed E-state index contributed by atoms with van der Waals surface area (Å²) in [5.74, 6) is -0.246. The minimum Gasteiger partial charge on any atom is -0.354 e. The van der Waals surface area contributed by atoms with Gasteiger partial charge in [0.05, 0.1) is 0 Å². The van der Waals surface area contributed by atoms with E-state index in [2.05, 4.69) is 29.4 Å². The molecule has 0 radical (unpaired) electrons. The van der Waals surface area contributed by atoms with Gasteiger partial charge in [-0.05, 0) is 62.9 Å². The highest BCUT2D eigenvalue weighted by molar-refractivity contribution is 5.97. The van der Waals surface area contributed by atoms with E-state index in [9.17, 15) is 9.59 Å². The van der Waals surface area contributed by atoms with Gasteiger partial charge in [-0.15, -0.1) is 0 Å². The first-order valence-electron chi connectivity index (χ1n) is 9.54. The van der Waals surface area contributed by atoms with E-state index in [1.807, 2.05) is 24.3 Å². The highest BCUT2D eigenvalue weighted by Crippen LogP contribution is 2.11. The van der Waals surface area contributed by atoms with Crippen LogP contribution < -0.4 is 10.6 Å². The average molecular weight is 345 g/mol. The molecule has 0 aliphatic carbocycles. The minimum absolute atomic E-state index is 0.0720. The fraction of sp³-hybridized carbons (Fsp3) is 0.600. The van der Waals surface area contributed by atoms with Crippen molar-refractivity contribution in [1.29, 1.82) is 0 Å². The summed E-state index contributed by atoms with van der Waals surface area (Å²) >= 11 is 0. The van der Waals surface area contributed by atoms with Crippen molar-refractivity contribution in [3.63, 3.8) is 0 Å². The first-order chi connectivity index (χ1) is 12.1. The fourth-order valence-electron chi connectivity index (χ4n) is 3.24. The second-order valence-corrected chi connectivity index (χ2v) is 6.79. The molecular weight excluding hydrogens is 314 g/mol. The zero-order valence-corrected chi connectivity index (χ0v) is 15.5. The zero-order valence-electron chi connectivity index (χ0n) is 15.5. The van der Waals surface area contributed by atoms with Gasteiger partial charge in [0.1, 0.15) is 6.04 Å². The Kier molecular flexibility index (Phi) is 7.92. The summed E-state index contributed by atoms with van der Waals surface area (Å²) in [6.07, 6.45) is 4.92. The van der Waals surface area contributed by atoms with E-state index in [1.54, 1.807) is 0 Å². The number of nitrogens with zero attached hydrogens (tertiary/aromatic N) is 1. The van der Waals surface area contributed by atoms with Gasteiger partial charge in [-0.25, -0.2) is 0 Å². The molecule has 0 unspecified atom stereocenters. The predicted octanol–water partition coefficient (Wildman–Crippen LogP) is 2.71. The van der Waals surface area contributed by atoms with E-state index in [0.717, 1.165) is 45.3 Å². The first-order valence-corrected chi connectivity index (χ1v) is 9.54. The lowest BCUT2D eigenvalue weighted by Gasteiger charge is -2.21. The molecule has 1 aliphatic rings. The van der Waals surface area contributed by atoms with E-state index in [0.29, 0.717) is 18.5 Å². The number of amides is 2. The molecule has 1 heterocycles. The van der Waals surface area contributed by atoms with Crippen LogP contribution in [0.2, 0.25) is 0 Å². The van der Waals surface area contributed by atoms with Gasteiger partial charge < -0.3 is 10.6 Å². The number of hydrogen-bond acceptors (Lipinski definition) is 3. The van der Waals surface area contributed by atoms with Crippen molar-refractivity contribution in [2.24, 2.45) is 0 Å². The fourth-order valence-corrected chi connectivity index (χ4v) is 3.24. The summed E-state index contributed by atoms with van der Waals surface area (Å²) in [4.78, 5) is 26.8. The number of hydrogen-bond donors (Lipinski definition) is 2. The van der Waals surface area contributed by atoms with Gasteiger partial charge in [-0.1, -0.05) is 26.0 Å². The largest absolute Gasteiger partial charge is 0.354 e. The van der Waals surface area contributed by atoms with Crippen molar-refractivity contribution in [3.8, 4) is 0 Å². The van der Waals surface area contributed by atoms with Crippen molar-refractivity contribution in [1.82, 2.24) is 15.5 Å². The van der Waals surface area contributed by atoms with E-state index in [-0.39, 0.29) is 11.8 Å². The molecule has 25 heavy (non-hydrogen) atoms. The molecule has 5 nitrogen and oxygen atoms in total. The molecule has 1 fully saturated rings. The molecule has 0 bridgehead atoms. The number of carbonyl (C=O) groups is 2. The summed E-state index contributed by atoms with van der Waals surface area (Å²) < 4.78 is 0. The summed E-state index contributed by atoms with van der Waals surface area (Å²) in [5, 5.41) is 5.71. The Labute approximate surface area is 151 Å². The molecule has 5 heteroatoms. The van der Waals surface area contributed by atoms with Crippen LogP contribution in [0.3, 0.4) is 0 Å². The molecule has 0 saturated carbocycles. The van der Waals surface area contributed by atoms with Gasteiger partial charge in [-0.3, -0.25) is 14.5 Å². The molecule has 1 aromatic carbocycles. The van der Waals surface area contributed by atoms with E-state index in [4.69, 9.17) is 0 Å². The second kappa shape index (κ2) is 10.2. The molecule has 2 N–H and O–H groups in total. The lowest BCUT2D eigenvalue weighted by molar-refractivity contribution is -0.122. The van der Waals surface area contributed by atoms with Gasteiger partial charge in [0.2, 0.25) is 5.91 Å². The molecule has 138 valence electrons. The molecular formula is C20H31N3O2. The molecule has 1 aliphatic heterocycles. The third-order valence-electron chi connectivity index (χ3n) is 4.54. The zero-order chi connectivity index (χ0) is 18.1. The number of rotatable bonds is 8. The summed E-state index contributed by atoms with van der Waals surface area (Å²) in [6, 6.07) is 7.32.